The maximum Gasteiger partial charge on any atom is 0.416 e. The van der Waals surface area contributed by atoms with Crippen LogP contribution < -0.4 is 4.74 Å². The maximum absolute atomic E-state index is 12.7. The Labute approximate surface area is 125 Å². The Kier molecular flexibility index (Phi) is 3.32. The Morgan fingerprint density at radius 1 is 1.24 bits per heavy atom. The van der Waals surface area contributed by atoms with Gasteiger partial charge in [0.2, 0.25) is 5.65 Å². The van der Waals surface area contributed by atoms with Crippen molar-refractivity contribution in [2.24, 2.45) is 0 Å². The molecule has 3 aromatic rings. The topological polar surface area (TPSA) is 39.4 Å². The lowest BCUT2D eigenvalue weighted by atomic mass is 10.2. The fourth-order valence-electron chi connectivity index (χ4n) is 1.79. The highest BCUT2D eigenvalue weighted by Gasteiger charge is 2.30. The highest BCUT2D eigenvalue weighted by atomic mass is 79.9. The van der Waals surface area contributed by atoms with Crippen LogP contribution in [0, 0.1) is 0 Å². The number of nitrogens with zero attached hydrogens (tertiary/aromatic N) is 3. The van der Waals surface area contributed by atoms with Crippen molar-refractivity contribution in [1.82, 2.24) is 14.4 Å². The molecule has 0 saturated heterocycles. The van der Waals surface area contributed by atoms with E-state index in [0.29, 0.717) is 10.3 Å². The second-order valence-corrected chi connectivity index (χ2v) is 4.97. The van der Waals surface area contributed by atoms with Crippen molar-refractivity contribution in [1.29, 1.82) is 0 Å². The second-order valence-electron chi connectivity index (χ2n) is 4.15. The predicted molar refractivity (Wildman–Crippen MR) is 72.2 cm³/mol. The Morgan fingerprint density at radius 3 is 2.81 bits per heavy atom. The first-order valence-electron chi connectivity index (χ1n) is 5.78. The van der Waals surface area contributed by atoms with Crippen LogP contribution >= 0.6 is 15.9 Å². The number of rotatable bonds is 2. The van der Waals surface area contributed by atoms with Gasteiger partial charge >= 0.3 is 6.18 Å². The molecule has 3 rings (SSSR count). The summed E-state index contributed by atoms with van der Waals surface area (Å²) in [5.41, 5.74) is -0.370. The molecule has 0 unspecified atom stereocenters. The lowest BCUT2D eigenvalue weighted by Crippen LogP contribution is -2.04. The molecule has 0 aliphatic heterocycles. The Bertz CT molecular complexity index is 801. The maximum atomic E-state index is 12.7. The van der Waals surface area contributed by atoms with E-state index in [0.717, 1.165) is 12.1 Å². The van der Waals surface area contributed by atoms with E-state index in [4.69, 9.17) is 4.74 Å². The van der Waals surface area contributed by atoms with E-state index < -0.39 is 11.7 Å². The van der Waals surface area contributed by atoms with Crippen LogP contribution in [0.3, 0.4) is 0 Å². The fraction of sp³-hybridized carbons (Fsp3) is 0.0769. The summed E-state index contributed by atoms with van der Waals surface area (Å²) >= 11 is 3.21. The summed E-state index contributed by atoms with van der Waals surface area (Å²) in [6, 6.07) is 4.60. The molecule has 108 valence electrons. The van der Waals surface area contributed by atoms with Gasteiger partial charge in [-0.2, -0.15) is 13.2 Å². The number of alkyl halides is 3. The first-order valence-corrected chi connectivity index (χ1v) is 6.57. The molecule has 8 heteroatoms. The Morgan fingerprint density at radius 2 is 2.05 bits per heavy atom. The quantitative estimate of drug-likeness (QED) is 0.686. The zero-order chi connectivity index (χ0) is 15.0. The van der Waals surface area contributed by atoms with Crippen LogP contribution in [0.5, 0.6) is 11.6 Å². The van der Waals surface area contributed by atoms with Gasteiger partial charge in [-0.15, -0.1) is 0 Å². The lowest BCUT2D eigenvalue weighted by molar-refractivity contribution is -0.137. The normalized spacial score (nSPS) is 11.8. The van der Waals surface area contributed by atoms with Crippen LogP contribution in [0.2, 0.25) is 0 Å². The number of imidazole rings is 1. The molecule has 0 aliphatic rings. The van der Waals surface area contributed by atoms with E-state index >= 15 is 0 Å². The minimum Gasteiger partial charge on any atom is -0.436 e. The van der Waals surface area contributed by atoms with Crippen molar-refractivity contribution in [3.63, 3.8) is 0 Å². The molecular formula is C13H7BrF3N3O. The summed E-state index contributed by atoms with van der Waals surface area (Å²) in [5.74, 6) is 0.161. The smallest absolute Gasteiger partial charge is 0.416 e. The number of halogens is 4. The Hall–Kier alpha value is -2.09. The monoisotopic (exact) mass is 357 g/mol. The SMILES string of the molecule is FC(F)(F)c1cccc(Oc2nc(Br)cn3ccnc23)c1. The number of fused-ring (bicyclic) bond motifs is 1. The molecule has 0 amide bonds. The van der Waals surface area contributed by atoms with E-state index in [2.05, 4.69) is 25.9 Å². The molecule has 4 nitrogen and oxygen atoms in total. The highest BCUT2D eigenvalue weighted by Crippen LogP contribution is 2.33. The predicted octanol–water partition coefficient (Wildman–Crippen LogP) is 4.30. The molecule has 0 bridgehead atoms. The van der Waals surface area contributed by atoms with E-state index in [1.165, 1.54) is 12.1 Å². The van der Waals surface area contributed by atoms with Gasteiger partial charge in [-0.1, -0.05) is 6.07 Å². The van der Waals surface area contributed by atoms with Crippen molar-refractivity contribution in [3.05, 3.63) is 53.0 Å². The summed E-state index contributed by atoms with van der Waals surface area (Å²) in [6.45, 7) is 0. The molecule has 0 N–H and O–H groups in total. The number of hydrogen-bond donors (Lipinski definition) is 0. The zero-order valence-electron chi connectivity index (χ0n) is 10.3. The van der Waals surface area contributed by atoms with E-state index in [9.17, 15) is 13.2 Å². The molecule has 0 fully saturated rings. The van der Waals surface area contributed by atoms with Crippen LogP contribution in [0.25, 0.3) is 5.65 Å². The van der Waals surface area contributed by atoms with Crippen molar-refractivity contribution in [2.45, 2.75) is 6.18 Å². The molecule has 21 heavy (non-hydrogen) atoms. The van der Waals surface area contributed by atoms with Crippen molar-refractivity contribution >= 4 is 21.6 Å². The van der Waals surface area contributed by atoms with Crippen molar-refractivity contribution < 1.29 is 17.9 Å². The summed E-state index contributed by atoms with van der Waals surface area (Å²) in [6.07, 6.45) is 0.469. The summed E-state index contributed by atoms with van der Waals surface area (Å²) < 4.78 is 45.6. The van der Waals surface area contributed by atoms with Crippen molar-refractivity contribution in [2.75, 3.05) is 0 Å². The molecule has 2 heterocycles. The molecule has 0 spiro atoms. The average molecular weight is 358 g/mol. The largest absolute Gasteiger partial charge is 0.436 e. The van der Waals surface area contributed by atoms with Crippen LogP contribution in [-0.4, -0.2) is 14.4 Å². The van der Waals surface area contributed by atoms with E-state index in [1.54, 1.807) is 23.0 Å². The van der Waals surface area contributed by atoms with Gasteiger partial charge in [0, 0.05) is 18.6 Å². The molecule has 0 radical (unpaired) electrons. The second kappa shape index (κ2) is 5.03. The number of aromatic nitrogens is 3. The third kappa shape index (κ3) is 2.85. The minimum absolute atomic E-state index is 0.0420. The first kappa shape index (κ1) is 13.9. The third-order valence-electron chi connectivity index (χ3n) is 2.69. The van der Waals surface area contributed by atoms with Gasteiger partial charge in [0.05, 0.1) is 5.56 Å². The van der Waals surface area contributed by atoms with Gasteiger partial charge in [0.25, 0.3) is 5.88 Å². The molecule has 0 saturated carbocycles. The standard InChI is InChI=1S/C13H7BrF3N3O/c14-10-7-20-5-4-18-11(20)12(19-10)21-9-3-1-2-8(6-9)13(15,16)17/h1-7H. The van der Waals surface area contributed by atoms with Gasteiger partial charge in [0.15, 0.2) is 0 Å². The lowest BCUT2D eigenvalue weighted by Gasteiger charge is -2.10. The van der Waals surface area contributed by atoms with Gasteiger partial charge < -0.3 is 4.74 Å². The minimum atomic E-state index is -4.42. The third-order valence-corrected chi connectivity index (χ3v) is 3.07. The Balaban J connectivity index is 2.01. The van der Waals surface area contributed by atoms with Gasteiger partial charge in [-0.25, -0.2) is 9.97 Å². The number of benzene rings is 1. The molecule has 2 aromatic heterocycles. The molecule has 0 aliphatic carbocycles. The molecule has 0 atom stereocenters. The first-order chi connectivity index (χ1) is 9.93. The van der Waals surface area contributed by atoms with Crippen LogP contribution in [0.1, 0.15) is 5.56 Å². The molecular weight excluding hydrogens is 351 g/mol. The van der Waals surface area contributed by atoms with E-state index in [1.807, 2.05) is 0 Å². The van der Waals surface area contributed by atoms with Crippen LogP contribution in [-0.2, 0) is 6.18 Å². The van der Waals surface area contributed by atoms with Crippen molar-refractivity contribution in [3.8, 4) is 11.6 Å². The summed E-state index contributed by atoms with van der Waals surface area (Å²) in [7, 11) is 0. The van der Waals surface area contributed by atoms with Crippen LogP contribution in [0.4, 0.5) is 13.2 Å². The van der Waals surface area contributed by atoms with Gasteiger partial charge in [0.1, 0.15) is 10.4 Å². The van der Waals surface area contributed by atoms with Gasteiger partial charge in [-0.3, -0.25) is 4.40 Å². The summed E-state index contributed by atoms with van der Waals surface area (Å²) in [5, 5.41) is 0. The average Bonchev–Trinajstić information content (AvgIpc) is 2.86. The van der Waals surface area contributed by atoms with Crippen LogP contribution in [0.15, 0.2) is 47.5 Å². The highest BCUT2D eigenvalue weighted by molar-refractivity contribution is 9.10. The number of hydrogen-bond acceptors (Lipinski definition) is 3. The zero-order valence-corrected chi connectivity index (χ0v) is 11.9. The van der Waals surface area contributed by atoms with Gasteiger partial charge in [-0.05, 0) is 34.1 Å². The molecule has 1 aromatic carbocycles. The number of ether oxygens (including phenoxy) is 1. The fourth-order valence-corrected chi connectivity index (χ4v) is 2.17. The van der Waals surface area contributed by atoms with E-state index in [-0.39, 0.29) is 11.6 Å². The summed E-state index contributed by atoms with van der Waals surface area (Å²) in [4.78, 5) is 8.15.